The van der Waals surface area contributed by atoms with Gasteiger partial charge in [-0.3, -0.25) is 14.6 Å². The summed E-state index contributed by atoms with van der Waals surface area (Å²) >= 11 is 1.53. The number of rotatable bonds is 5. The molecule has 1 amide bonds. The van der Waals surface area contributed by atoms with Gasteiger partial charge in [-0.25, -0.2) is 9.97 Å². The van der Waals surface area contributed by atoms with Crippen molar-refractivity contribution in [1.82, 2.24) is 29.5 Å². The minimum atomic E-state index is -1.03. The standard InChI is InChI=1S/C26H27N7O3S/c1-13(34)21-22(16-9-17-4-5-18(10-16)32(17)26(36)14(2)35)31-24-19(12-30-33(24)23(21)27)15-3-6-20(29-11-15)25-28-7-8-37-25/h3,6-8,11-12,14,16-18,35H,4-5,9-10,27H2,1-2H3/t14-,16?,17-,18?/m1/s1. The number of pyridine rings is 1. The van der Waals surface area contributed by atoms with Gasteiger partial charge in [0.25, 0.3) is 5.91 Å². The van der Waals surface area contributed by atoms with E-state index in [4.69, 9.17) is 10.7 Å². The van der Waals surface area contributed by atoms with E-state index < -0.39 is 6.10 Å². The van der Waals surface area contributed by atoms with Crippen LogP contribution < -0.4 is 5.73 Å². The molecule has 0 radical (unpaired) electrons. The minimum Gasteiger partial charge on any atom is -0.384 e. The summed E-state index contributed by atoms with van der Waals surface area (Å²) in [4.78, 5) is 41.1. The van der Waals surface area contributed by atoms with E-state index in [1.54, 1.807) is 18.6 Å². The second kappa shape index (κ2) is 9.00. The van der Waals surface area contributed by atoms with E-state index >= 15 is 0 Å². The highest BCUT2D eigenvalue weighted by Gasteiger charge is 2.45. The molecule has 0 saturated carbocycles. The number of ketones is 1. The molecule has 2 aliphatic rings. The van der Waals surface area contributed by atoms with Crippen molar-refractivity contribution in [2.45, 2.75) is 63.6 Å². The zero-order valence-corrected chi connectivity index (χ0v) is 21.4. The van der Waals surface area contributed by atoms with Crippen LogP contribution in [0.15, 0.2) is 36.1 Å². The highest BCUT2D eigenvalue weighted by Crippen LogP contribution is 2.44. The van der Waals surface area contributed by atoms with E-state index in [1.807, 2.05) is 22.4 Å². The number of carbonyl (C=O) groups is 2. The number of fused-ring (bicyclic) bond motifs is 3. The van der Waals surface area contributed by atoms with Crippen molar-refractivity contribution in [3.63, 3.8) is 0 Å². The zero-order chi connectivity index (χ0) is 25.8. The first-order valence-corrected chi connectivity index (χ1v) is 13.3. The molecule has 10 nitrogen and oxygen atoms in total. The molecule has 0 spiro atoms. The zero-order valence-electron chi connectivity index (χ0n) is 20.5. The normalized spacial score (nSPS) is 21.9. The van der Waals surface area contributed by atoms with E-state index in [1.165, 1.54) is 29.7 Å². The molecule has 4 aromatic rings. The van der Waals surface area contributed by atoms with E-state index in [0.717, 1.165) is 34.7 Å². The van der Waals surface area contributed by atoms with Crippen LogP contribution in [0.5, 0.6) is 0 Å². The fourth-order valence-corrected chi connectivity index (χ4v) is 6.51. The number of anilines is 1. The Morgan fingerprint density at radius 3 is 2.51 bits per heavy atom. The lowest BCUT2D eigenvalue weighted by Crippen LogP contribution is -2.49. The number of Topliss-reactive ketones (excluding diaryl/α,β-unsaturated/α-hetero) is 1. The van der Waals surface area contributed by atoms with Gasteiger partial charge in [0.05, 0.1) is 23.1 Å². The number of nitrogens with two attached hydrogens (primary N) is 1. The number of aromatic nitrogens is 5. The van der Waals surface area contributed by atoms with Crippen LogP contribution in [0.3, 0.4) is 0 Å². The second-order valence-corrected chi connectivity index (χ2v) is 10.7. The van der Waals surface area contributed by atoms with E-state index in [2.05, 4.69) is 15.1 Å². The summed E-state index contributed by atoms with van der Waals surface area (Å²) in [6.07, 6.45) is 7.28. The molecule has 6 heterocycles. The Morgan fingerprint density at radius 2 is 1.92 bits per heavy atom. The van der Waals surface area contributed by atoms with Crippen LogP contribution in [0.4, 0.5) is 5.82 Å². The predicted molar refractivity (Wildman–Crippen MR) is 139 cm³/mol. The van der Waals surface area contributed by atoms with Crippen LogP contribution >= 0.6 is 11.3 Å². The van der Waals surface area contributed by atoms with Gasteiger partial charge >= 0.3 is 0 Å². The van der Waals surface area contributed by atoms with E-state index in [9.17, 15) is 14.7 Å². The van der Waals surface area contributed by atoms with Crippen LogP contribution in [0.25, 0.3) is 27.5 Å². The quantitative estimate of drug-likeness (QED) is 0.384. The summed E-state index contributed by atoms with van der Waals surface area (Å²) in [6, 6.07) is 3.89. The van der Waals surface area contributed by atoms with Gasteiger partial charge in [0.2, 0.25) is 0 Å². The fraction of sp³-hybridized carbons (Fsp3) is 0.385. The molecular weight excluding hydrogens is 490 g/mol. The van der Waals surface area contributed by atoms with Crippen molar-refractivity contribution in [3.05, 3.63) is 47.4 Å². The molecular formula is C26H27N7O3S. The number of thiazole rings is 1. The molecule has 0 aliphatic carbocycles. The number of piperidine rings is 1. The van der Waals surface area contributed by atoms with Crippen LogP contribution in [0, 0.1) is 0 Å². The molecule has 2 bridgehead atoms. The number of amides is 1. The first-order chi connectivity index (χ1) is 17.8. The molecule has 4 aromatic heterocycles. The van der Waals surface area contributed by atoms with Gasteiger partial charge in [0, 0.05) is 46.9 Å². The molecule has 4 atom stereocenters. The number of nitrogens with zero attached hydrogens (tertiary/aromatic N) is 6. The van der Waals surface area contributed by atoms with Gasteiger partial charge < -0.3 is 15.7 Å². The topological polar surface area (TPSA) is 140 Å². The number of hydrogen-bond acceptors (Lipinski definition) is 9. The number of carbonyl (C=O) groups excluding carboxylic acids is 2. The third-order valence-corrected chi connectivity index (χ3v) is 8.32. The lowest BCUT2D eigenvalue weighted by molar-refractivity contribution is -0.144. The molecule has 2 fully saturated rings. The Morgan fingerprint density at radius 1 is 1.16 bits per heavy atom. The Hall–Kier alpha value is -3.70. The van der Waals surface area contributed by atoms with Gasteiger partial charge in [-0.2, -0.15) is 9.61 Å². The van der Waals surface area contributed by atoms with Crippen LogP contribution in [-0.2, 0) is 4.79 Å². The molecule has 11 heteroatoms. The van der Waals surface area contributed by atoms with Crippen molar-refractivity contribution in [2.24, 2.45) is 0 Å². The van der Waals surface area contributed by atoms with E-state index in [-0.39, 0.29) is 35.5 Å². The van der Waals surface area contributed by atoms with Crippen molar-refractivity contribution in [1.29, 1.82) is 0 Å². The minimum absolute atomic E-state index is 0.0110. The highest BCUT2D eigenvalue weighted by molar-refractivity contribution is 7.13. The predicted octanol–water partition coefficient (Wildman–Crippen LogP) is 3.32. The third-order valence-electron chi connectivity index (χ3n) is 7.52. The number of aliphatic hydroxyl groups is 1. The van der Waals surface area contributed by atoms with Crippen LogP contribution in [0.2, 0.25) is 0 Å². The van der Waals surface area contributed by atoms with Gasteiger partial charge in [-0.15, -0.1) is 11.3 Å². The first kappa shape index (κ1) is 23.7. The summed E-state index contributed by atoms with van der Waals surface area (Å²) in [5, 5.41) is 17.1. The van der Waals surface area contributed by atoms with Gasteiger partial charge in [0.15, 0.2) is 11.4 Å². The average molecular weight is 518 g/mol. The summed E-state index contributed by atoms with van der Waals surface area (Å²) in [5.41, 5.74) is 10.5. The van der Waals surface area contributed by atoms with Gasteiger partial charge in [0.1, 0.15) is 16.9 Å². The molecule has 2 saturated heterocycles. The van der Waals surface area contributed by atoms with Crippen molar-refractivity contribution < 1.29 is 14.7 Å². The Bertz CT molecular complexity index is 1480. The van der Waals surface area contributed by atoms with Crippen molar-refractivity contribution in [3.8, 4) is 21.8 Å². The summed E-state index contributed by atoms with van der Waals surface area (Å²) in [7, 11) is 0. The maximum absolute atomic E-state index is 12.8. The maximum atomic E-state index is 12.8. The SMILES string of the molecule is CC(=O)c1c(C2CC3CC[C@H](C2)N3C(=O)[C@@H](C)O)nc2c(-c3ccc(-c4nccs4)nc3)cnn2c1N. The van der Waals surface area contributed by atoms with Crippen molar-refractivity contribution >= 4 is 34.5 Å². The largest absolute Gasteiger partial charge is 0.384 e. The van der Waals surface area contributed by atoms with Crippen molar-refractivity contribution in [2.75, 3.05) is 5.73 Å². The number of aliphatic hydroxyl groups excluding tert-OH is 1. The first-order valence-electron chi connectivity index (χ1n) is 12.4. The maximum Gasteiger partial charge on any atom is 0.251 e. The van der Waals surface area contributed by atoms with Gasteiger partial charge in [-0.1, -0.05) is 6.07 Å². The monoisotopic (exact) mass is 517 g/mol. The smallest absolute Gasteiger partial charge is 0.251 e. The molecule has 2 aliphatic heterocycles. The number of hydrogen-bond donors (Lipinski definition) is 2. The lowest BCUT2D eigenvalue weighted by Gasteiger charge is -2.39. The second-order valence-electron chi connectivity index (χ2n) is 9.85. The number of nitrogen functional groups attached to an aromatic ring is 1. The molecule has 0 aromatic carbocycles. The summed E-state index contributed by atoms with van der Waals surface area (Å²) < 4.78 is 1.52. The Balaban J connectivity index is 1.41. The summed E-state index contributed by atoms with van der Waals surface area (Å²) in [6.45, 7) is 3.01. The molecule has 3 N–H and O–H groups in total. The fourth-order valence-electron chi connectivity index (χ4n) is 5.90. The Labute approximate surface area is 217 Å². The van der Waals surface area contributed by atoms with E-state index in [0.29, 0.717) is 29.7 Å². The molecule has 190 valence electrons. The molecule has 37 heavy (non-hydrogen) atoms. The van der Waals surface area contributed by atoms with Gasteiger partial charge in [-0.05, 0) is 45.6 Å². The Kier molecular flexibility index (Phi) is 5.76. The molecule has 2 unspecified atom stereocenters. The van der Waals surface area contributed by atoms with Crippen LogP contribution in [-0.4, -0.2) is 64.5 Å². The average Bonchev–Trinajstić information content (AvgIpc) is 3.62. The third kappa shape index (κ3) is 3.89. The summed E-state index contributed by atoms with van der Waals surface area (Å²) in [5.74, 6) is -0.161. The molecule has 6 rings (SSSR count). The lowest BCUT2D eigenvalue weighted by atomic mass is 9.85. The van der Waals surface area contributed by atoms with Crippen LogP contribution in [0.1, 0.15) is 61.5 Å². The highest BCUT2D eigenvalue weighted by atomic mass is 32.1.